The molecule has 7 heteroatoms. The number of aromatic nitrogens is 5. The second-order valence-corrected chi connectivity index (χ2v) is 4.63. The molecule has 0 bridgehead atoms. The Labute approximate surface area is 104 Å². The molecule has 2 N–H and O–H groups in total. The second kappa shape index (κ2) is 5.33. The highest BCUT2D eigenvalue weighted by Crippen LogP contribution is 2.21. The van der Waals surface area contributed by atoms with E-state index in [1.807, 2.05) is 22.5 Å². The van der Waals surface area contributed by atoms with Crippen LogP contribution in [0.2, 0.25) is 0 Å². The molecule has 2 aromatic rings. The van der Waals surface area contributed by atoms with Gasteiger partial charge in [-0.05, 0) is 12.3 Å². The van der Waals surface area contributed by atoms with E-state index < -0.39 is 0 Å². The fourth-order valence-corrected chi connectivity index (χ4v) is 2.06. The molecule has 2 rings (SSSR count). The Balaban J connectivity index is 2.42. The highest BCUT2D eigenvalue weighted by atomic mass is 32.2. The summed E-state index contributed by atoms with van der Waals surface area (Å²) in [7, 11) is 1.90. The Hall–Kier alpha value is -1.34. The number of rotatable bonds is 5. The molecule has 0 radical (unpaired) electrons. The first-order chi connectivity index (χ1) is 8.27. The molecular formula is C10H16N6S. The van der Waals surface area contributed by atoms with Crippen LogP contribution >= 0.6 is 11.8 Å². The van der Waals surface area contributed by atoms with E-state index in [2.05, 4.69) is 21.7 Å². The summed E-state index contributed by atoms with van der Waals surface area (Å²) in [5.74, 6) is 0.998. The van der Waals surface area contributed by atoms with Crippen molar-refractivity contribution in [2.45, 2.75) is 13.1 Å². The SMILES string of the molecule is CSCCn1nnc(CN)c1-c1ccnn1C. The van der Waals surface area contributed by atoms with Crippen LogP contribution in [0.1, 0.15) is 5.69 Å². The molecule has 2 heterocycles. The number of hydrogen-bond acceptors (Lipinski definition) is 5. The normalized spacial score (nSPS) is 11.0. The fourth-order valence-electron chi connectivity index (χ4n) is 1.71. The summed E-state index contributed by atoms with van der Waals surface area (Å²) in [6, 6.07) is 1.95. The van der Waals surface area contributed by atoms with E-state index in [0.717, 1.165) is 29.4 Å². The predicted molar refractivity (Wildman–Crippen MR) is 68.5 cm³/mol. The van der Waals surface area contributed by atoms with Crippen LogP contribution in [0.25, 0.3) is 11.4 Å². The Kier molecular flexibility index (Phi) is 3.80. The molecule has 0 saturated heterocycles. The van der Waals surface area contributed by atoms with Crippen LogP contribution in [-0.4, -0.2) is 36.8 Å². The lowest BCUT2D eigenvalue weighted by atomic mass is 10.2. The van der Waals surface area contributed by atoms with Crippen molar-refractivity contribution < 1.29 is 0 Å². The van der Waals surface area contributed by atoms with Crippen LogP contribution in [0.5, 0.6) is 0 Å². The summed E-state index contributed by atoms with van der Waals surface area (Å²) in [5, 5.41) is 12.4. The Morgan fingerprint density at radius 2 is 2.29 bits per heavy atom. The van der Waals surface area contributed by atoms with Gasteiger partial charge >= 0.3 is 0 Å². The Morgan fingerprint density at radius 3 is 2.88 bits per heavy atom. The zero-order valence-electron chi connectivity index (χ0n) is 10.00. The van der Waals surface area contributed by atoms with Crippen molar-refractivity contribution in [1.82, 2.24) is 24.8 Å². The minimum Gasteiger partial charge on any atom is -0.325 e. The Morgan fingerprint density at radius 1 is 1.47 bits per heavy atom. The van der Waals surface area contributed by atoms with E-state index in [1.165, 1.54) is 0 Å². The smallest absolute Gasteiger partial charge is 0.111 e. The van der Waals surface area contributed by atoms with Gasteiger partial charge in [-0.2, -0.15) is 16.9 Å². The van der Waals surface area contributed by atoms with Gasteiger partial charge in [0.25, 0.3) is 0 Å². The first-order valence-corrected chi connectivity index (χ1v) is 6.77. The summed E-state index contributed by atoms with van der Waals surface area (Å²) >= 11 is 1.78. The molecule has 92 valence electrons. The maximum Gasteiger partial charge on any atom is 0.111 e. The number of hydrogen-bond donors (Lipinski definition) is 1. The molecule has 0 atom stereocenters. The zero-order valence-corrected chi connectivity index (χ0v) is 10.8. The maximum atomic E-state index is 5.70. The standard InChI is InChI=1S/C10H16N6S/c1-15-9(3-4-12-15)10-8(7-11)13-14-16(10)5-6-17-2/h3-4H,5-7,11H2,1-2H3. The third-order valence-electron chi connectivity index (χ3n) is 2.57. The van der Waals surface area contributed by atoms with Gasteiger partial charge in [-0.3, -0.25) is 4.68 Å². The highest BCUT2D eigenvalue weighted by molar-refractivity contribution is 7.98. The quantitative estimate of drug-likeness (QED) is 0.838. The van der Waals surface area contributed by atoms with Crippen LogP contribution in [0.15, 0.2) is 12.3 Å². The lowest BCUT2D eigenvalue weighted by Crippen LogP contribution is -2.08. The van der Waals surface area contributed by atoms with E-state index in [-0.39, 0.29) is 0 Å². The van der Waals surface area contributed by atoms with Crippen molar-refractivity contribution >= 4 is 11.8 Å². The van der Waals surface area contributed by atoms with Gasteiger partial charge in [0.2, 0.25) is 0 Å². The van der Waals surface area contributed by atoms with E-state index in [9.17, 15) is 0 Å². The summed E-state index contributed by atoms with van der Waals surface area (Å²) in [6.45, 7) is 1.22. The average Bonchev–Trinajstić information content (AvgIpc) is 2.91. The lowest BCUT2D eigenvalue weighted by molar-refractivity contribution is 0.632. The predicted octanol–water partition coefficient (Wildman–Crippen LogP) is 0.500. The molecule has 0 aliphatic carbocycles. The van der Waals surface area contributed by atoms with Crippen LogP contribution < -0.4 is 5.73 Å². The van der Waals surface area contributed by atoms with Gasteiger partial charge in [-0.1, -0.05) is 5.21 Å². The molecule has 2 aromatic heterocycles. The van der Waals surface area contributed by atoms with E-state index in [0.29, 0.717) is 6.54 Å². The van der Waals surface area contributed by atoms with Crippen molar-refractivity contribution in [2.24, 2.45) is 12.8 Å². The summed E-state index contributed by atoms with van der Waals surface area (Å²) < 4.78 is 3.71. The topological polar surface area (TPSA) is 74.6 Å². The minimum absolute atomic E-state index is 0.389. The van der Waals surface area contributed by atoms with Gasteiger partial charge in [0, 0.05) is 25.5 Å². The van der Waals surface area contributed by atoms with Gasteiger partial charge in [-0.25, -0.2) is 4.68 Å². The largest absolute Gasteiger partial charge is 0.325 e. The lowest BCUT2D eigenvalue weighted by Gasteiger charge is -2.07. The number of nitrogens with zero attached hydrogens (tertiary/aromatic N) is 5. The van der Waals surface area contributed by atoms with Crippen molar-refractivity contribution in [3.05, 3.63) is 18.0 Å². The van der Waals surface area contributed by atoms with Crippen molar-refractivity contribution in [3.63, 3.8) is 0 Å². The van der Waals surface area contributed by atoms with E-state index >= 15 is 0 Å². The number of thioether (sulfide) groups is 1. The fraction of sp³-hybridized carbons (Fsp3) is 0.500. The van der Waals surface area contributed by atoms with Gasteiger partial charge < -0.3 is 5.73 Å². The Bertz CT molecular complexity index is 489. The van der Waals surface area contributed by atoms with Crippen LogP contribution in [0, 0.1) is 0 Å². The molecular weight excluding hydrogens is 236 g/mol. The van der Waals surface area contributed by atoms with E-state index in [4.69, 9.17) is 5.73 Å². The molecule has 17 heavy (non-hydrogen) atoms. The van der Waals surface area contributed by atoms with Crippen LogP contribution in [0.4, 0.5) is 0 Å². The highest BCUT2D eigenvalue weighted by Gasteiger charge is 2.16. The maximum absolute atomic E-state index is 5.70. The molecule has 6 nitrogen and oxygen atoms in total. The third-order valence-corrected chi connectivity index (χ3v) is 3.16. The monoisotopic (exact) mass is 252 g/mol. The average molecular weight is 252 g/mol. The first kappa shape index (κ1) is 12.1. The molecule has 0 aliphatic rings. The molecule has 0 aromatic carbocycles. The van der Waals surface area contributed by atoms with Gasteiger partial charge in [0.1, 0.15) is 11.4 Å². The molecule has 0 spiro atoms. The molecule has 0 saturated carbocycles. The van der Waals surface area contributed by atoms with Crippen molar-refractivity contribution in [3.8, 4) is 11.4 Å². The van der Waals surface area contributed by atoms with Gasteiger partial charge in [0.15, 0.2) is 0 Å². The number of nitrogens with two attached hydrogens (primary N) is 1. The van der Waals surface area contributed by atoms with Crippen molar-refractivity contribution in [1.29, 1.82) is 0 Å². The van der Waals surface area contributed by atoms with E-state index in [1.54, 1.807) is 18.0 Å². The molecule has 0 aliphatic heterocycles. The first-order valence-electron chi connectivity index (χ1n) is 5.37. The van der Waals surface area contributed by atoms with Gasteiger partial charge in [-0.15, -0.1) is 5.10 Å². The van der Waals surface area contributed by atoms with Crippen molar-refractivity contribution in [2.75, 3.05) is 12.0 Å². The zero-order chi connectivity index (χ0) is 12.3. The third kappa shape index (κ3) is 2.34. The minimum atomic E-state index is 0.389. The van der Waals surface area contributed by atoms with Crippen LogP contribution in [0.3, 0.4) is 0 Å². The number of aryl methyl sites for hydroxylation is 2. The summed E-state index contributed by atoms with van der Waals surface area (Å²) in [6.07, 6.45) is 3.84. The second-order valence-electron chi connectivity index (χ2n) is 3.64. The van der Waals surface area contributed by atoms with Gasteiger partial charge in [0.05, 0.1) is 12.2 Å². The molecule has 0 fully saturated rings. The van der Waals surface area contributed by atoms with Crippen LogP contribution in [-0.2, 0) is 20.1 Å². The summed E-state index contributed by atoms with van der Waals surface area (Å²) in [5.41, 5.74) is 8.48. The molecule has 0 amide bonds. The molecule has 0 unspecified atom stereocenters. The summed E-state index contributed by atoms with van der Waals surface area (Å²) in [4.78, 5) is 0.